The van der Waals surface area contributed by atoms with E-state index in [4.69, 9.17) is 41.2 Å². The summed E-state index contributed by atoms with van der Waals surface area (Å²) in [6, 6.07) is 5.13. The minimum absolute atomic E-state index is 0.207. The van der Waals surface area contributed by atoms with E-state index in [2.05, 4.69) is 15.3 Å². The third-order valence-corrected chi connectivity index (χ3v) is 2.86. The van der Waals surface area contributed by atoms with E-state index in [-0.39, 0.29) is 4.99 Å². The number of anilines is 2. The molecule has 0 amide bonds. The van der Waals surface area contributed by atoms with Crippen LogP contribution in [0.25, 0.3) is 0 Å². The Morgan fingerprint density at radius 2 is 2.00 bits per heavy atom. The van der Waals surface area contributed by atoms with E-state index in [9.17, 15) is 0 Å². The Kier molecular flexibility index (Phi) is 3.96. The van der Waals surface area contributed by atoms with Gasteiger partial charge < -0.3 is 11.1 Å². The second kappa shape index (κ2) is 5.48. The number of thiocarbonyl (C=S) groups is 1. The molecule has 0 spiro atoms. The Bertz CT molecular complexity index is 586. The van der Waals surface area contributed by atoms with Gasteiger partial charge in [-0.3, -0.25) is 0 Å². The van der Waals surface area contributed by atoms with Gasteiger partial charge in [0.1, 0.15) is 16.5 Å². The van der Waals surface area contributed by atoms with Gasteiger partial charge in [0.2, 0.25) is 0 Å². The Hall–Kier alpha value is -1.43. The lowest BCUT2D eigenvalue weighted by molar-refractivity contribution is 1.18. The van der Waals surface area contributed by atoms with Gasteiger partial charge in [-0.25, -0.2) is 9.97 Å². The number of aromatic nitrogens is 2. The van der Waals surface area contributed by atoms with Crippen LogP contribution in [0.4, 0.5) is 11.5 Å². The monoisotopic (exact) mass is 298 g/mol. The summed E-state index contributed by atoms with van der Waals surface area (Å²) < 4.78 is 0. The zero-order valence-electron chi connectivity index (χ0n) is 9.02. The summed E-state index contributed by atoms with van der Waals surface area (Å²) in [4.78, 5) is 8.39. The SMILES string of the molecule is NC(=S)c1cnc(Nc2ccc(Cl)cc2Cl)cn1. The van der Waals surface area contributed by atoms with Crippen molar-refractivity contribution in [3.63, 3.8) is 0 Å². The standard InChI is InChI=1S/C11H8Cl2N4S/c12-6-1-2-8(7(13)3-6)17-10-5-15-9(4-16-10)11(14)18/h1-5H,(H2,14,18)(H,16,17). The zero-order valence-corrected chi connectivity index (χ0v) is 11.4. The predicted octanol–water partition coefficient (Wildman–Crippen LogP) is 3.16. The first-order valence-electron chi connectivity index (χ1n) is 4.90. The lowest BCUT2D eigenvalue weighted by Gasteiger charge is -2.07. The van der Waals surface area contributed by atoms with Crippen molar-refractivity contribution in [1.82, 2.24) is 9.97 Å². The summed E-state index contributed by atoms with van der Waals surface area (Å²) in [5.74, 6) is 0.541. The van der Waals surface area contributed by atoms with Crippen LogP contribution in [0.2, 0.25) is 10.0 Å². The van der Waals surface area contributed by atoms with Gasteiger partial charge in [0.05, 0.1) is 23.1 Å². The summed E-state index contributed by atoms with van der Waals surface area (Å²) in [7, 11) is 0. The third-order valence-electron chi connectivity index (χ3n) is 2.10. The fourth-order valence-corrected chi connectivity index (χ4v) is 1.81. The molecule has 0 aliphatic heterocycles. The lowest BCUT2D eigenvalue weighted by atomic mass is 10.3. The van der Waals surface area contributed by atoms with Gasteiger partial charge >= 0.3 is 0 Å². The average molecular weight is 299 g/mol. The molecule has 2 rings (SSSR count). The quantitative estimate of drug-likeness (QED) is 0.852. The maximum Gasteiger partial charge on any atom is 0.148 e. The van der Waals surface area contributed by atoms with E-state index in [0.29, 0.717) is 27.2 Å². The van der Waals surface area contributed by atoms with E-state index >= 15 is 0 Å². The molecule has 0 fully saturated rings. The number of hydrogen-bond acceptors (Lipinski definition) is 4. The first-order valence-corrected chi connectivity index (χ1v) is 6.06. The van der Waals surface area contributed by atoms with Crippen LogP contribution in [0, 0.1) is 0 Å². The van der Waals surface area contributed by atoms with Crippen molar-refractivity contribution in [2.24, 2.45) is 5.73 Å². The van der Waals surface area contributed by atoms with Crippen molar-refractivity contribution in [3.8, 4) is 0 Å². The summed E-state index contributed by atoms with van der Waals surface area (Å²) in [6.07, 6.45) is 3.02. The highest BCUT2D eigenvalue weighted by atomic mass is 35.5. The van der Waals surface area contributed by atoms with Crippen molar-refractivity contribution in [2.45, 2.75) is 0 Å². The Morgan fingerprint density at radius 1 is 1.22 bits per heavy atom. The largest absolute Gasteiger partial charge is 0.388 e. The van der Waals surface area contributed by atoms with Crippen molar-refractivity contribution < 1.29 is 0 Å². The number of hydrogen-bond donors (Lipinski definition) is 2. The predicted molar refractivity (Wildman–Crippen MR) is 77.7 cm³/mol. The number of nitrogens with zero attached hydrogens (tertiary/aromatic N) is 2. The molecule has 0 aliphatic rings. The molecule has 0 bridgehead atoms. The van der Waals surface area contributed by atoms with Crippen molar-refractivity contribution in [2.75, 3.05) is 5.32 Å². The molecule has 0 radical (unpaired) electrons. The first-order chi connectivity index (χ1) is 8.56. The molecule has 0 saturated carbocycles. The van der Waals surface area contributed by atoms with Crippen LogP contribution in [-0.2, 0) is 0 Å². The van der Waals surface area contributed by atoms with E-state index in [0.717, 1.165) is 0 Å². The molecule has 1 aromatic heterocycles. The average Bonchev–Trinajstić information content (AvgIpc) is 2.33. The summed E-state index contributed by atoms with van der Waals surface area (Å²) in [5, 5.41) is 4.09. The van der Waals surface area contributed by atoms with E-state index in [1.807, 2.05) is 0 Å². The van der Waals surface area contributed by atoms with Crippen LogP contribution in [0.3, 0.4) is 0 Å². The Labute approximate surface area is 119 Å². The summed E-state index contributed by atoms with van der Waals surface area (Å²) in [6.45, 7) is 0. The molecule has 1 aromatic carbocycles. The minimum Gasteiger partial charge on any atom is -0.388 e. The summed E-state index contributed by atoms with van der Waals surface area (Å²) in [5.41, 5.74) is 6.59. The molecular weight excluding hydrogens is 291 g/mol. The molecule has 7 heteroatoms. The van der Waals surface area contributed by atoms with Crippen LogP contribution >= 0.6 is 35.4 Å². The fraction of sp³-hybridized carbons (Fsp3) is 0. The van der Waals surface area contributed by atoms with Gasteiger partial charge in [-0.05, 0) is 18.2 Å². The molecule has 3 N–H and O–H groups in total. The van der Waals surface area contributed by atoms with Gasteiger partial charge in [-0.1, -0.05) is 35.4 Å². The van der Waals surface area contributed by atoms with Crippen LogP contribution in [-0.4, -0.2) is 15.0 Å². The third kappa shape index (κ3) is 3.07. The topological polar surface area (TPSA) is 63.8 Å². The zero-order chi connectivity index (χ0) is 13.1. The molecule has 0 saturated heterocycles. The molecular formula is C11H8Cl2N4S. The van der Waals surface area contributed by atoms with E-state index in [1.54, 1.807) is 18.2 Å². The Balaban J connectivity index is 2.21. The van der Waals surface area contributed by atoms with E-state index in [1.165, 1.54) is 12.4 Å². The van der Waals surface area contributed by atoms with Crippen molar-refractivity contribution in [1.29, 1.82) is 0 Å². The van der Waals surface area contributed by atoms with Crippen LogP contribution in [0.15, 0.2) is 30.6 Å². The molecule has 1 heterocycles. The molecule has 18 heavy (non-hydrogen) atoms. The number of rotatable bonds is 3. The highest BCUT2D eigenvalue weighted by molar-refractivity contribution is 7.80. The Morgan fingerprint density at radius 3 is 2.56 bits per heavy atom. The normalized spacial score (nSPS) is 10.1. The lowest BCUT2D eigenvalue weighted by Crippen LogP contribution is -2.12. The van der Waals surface area contributed by atoms with Crippen LogP contribution < -0.4 is 11.1 Å². The number of nitrogens with two attached hydrogens (primary N) is 1. The second-order valence-corrected chi connectivity index (χ2v) is 4.68. The number of halogens is 2. The van der Waals surface area contributed by atoms with Gasteiger partial charge in [-0.2, -0.15) is 0 Å². The maximum absolute atomic E-state index is 6.03. The molecule has 0 unspecified atom stereocenters. The summed E-state index contributed by atoms with van der Waals surface area (Å²) >= 11 is 16.6. The molecule has 92 valence electrons. The first kappa shape index (κ1) is 13.0. The maximum atomic E-state index is 6.03. The number of benzene rings is 1. The van der Waals surface area contributed by atoms with Crippen molar-refractivity contribution >= 4 is 51.9 Å². The van der Waals surface area contributed by atoms with E-state index < -0.39 is 0 Å². The minimum atomic E-state index is 0.207. The molecule has 0 atom stereocenters. The van der Waals surface area contributed by atoms with Crippen LogP contribution in [0.1, 0.15) is 5.69 Å². The van der Waals surface area contributed by atoms with Crippen LogP contribution in [0.5, 0.6) is 0 Å². The van der Waals surface area contributed by atoms with Gasteiger partial charge in [0, 0.05) is 5.02 Å². The van der Waals surface area contributed by atoms with Crippen molar-refractivity contribution in [3.05, 3.63) is 46.3 Å². The molecule has 0 aliphatic carbocycles. The smallest absolute Gasteiger partial charge is 0.148 e. The second-order valence-electron chi connectivity index (χ2n) is 3.40. The number of nitrogens with one attached hydrogen (secondary N) is 1. The van der Waals surface area contributed by atoms with Gasteiger partial charge in [-0.15, -0.1) is 0 Å². The highest BCUT2D eigenvalue weighted by Crippen LogP contribution is 2.27. The molecule has 2 aromatic rings. The van der Waals surface area contributed by atoms with Gasteiger partial charge in [0.25, 0.3) is 0 Å². The fourth-order valence-electron chi connectivity index (χ4n) is 1.25. The van der Waals surface area contributed by atoms with Gasteiger partial charge in [0.15, 0.2) is 0 Å². The molecule has 4 nitrogen and oxygen atoms in total. The highest BCUT2D eigenvalue weighted by Gasteiger charge is 2.04.